The molecule has 0 aromatic heterocycles. The second-order valence-corrected chi connectivity index (χ2v) is 7.78. The molecule has 0 aromatic carbocycles. The lowest BCUT2D eigenvalue weighted by molar-refractivity contribution is -0.137. The predicted molar refractivity (Wildman–Crippen MR) is 103 cm³/mol. The standard InChI is InChI=1S/C21H36O5/c1-3-4-9-13-21(2,26)14-12-17-16(18(22)15-19(17)23)10-7-5-6-8-11-20(24)25/h5,7,12,14,16-19,22-23,26H,3-4,6,8-11,13,15H2,1-2H3,(H,24,25)/b7-5+,14-12+. The van der Waals surface area contributed by atoms with E-state index >= 15 is 0 Å². The maximum absolute atomic E-state index is 10.5. The lowest BCUT2D eigenvalue weighted by Crippen LogP contribution is -2.24. The fraction of sp³-hybridized carbons (Fsp3) is 0.762. The fourth-order valence-electron chi connectivity index (χ4n) is 3.58. The van der Waals surface area contributed by atoms with Gasteiger partial charge in [0.15, 0.2) is 0 Å². The number of rotatable bonds is 12. The number of aliphatic hydroxyl groups is 3. The number of hydrogen-bond acceptors (Lipinski definition) is 4. The average Bonchev–Trinajstić information content (AvgIpc) is 2.82. The summed E-state index contributed by atoms with van der Waals surface area (Å²) in [6.07, 6.45) is 12.7. The minimum atomic E-state index is -0.889. The number of carboxylic acids is 1. The molecule has 0 spiro atoms. The molecule has 0 aliphatic heterocycles. The van der Waals surface area contributed by atoms with Gasteiger partial charge in [-0.2, -0.15) is 0 Å². The van der Waals surface area contributed by atoms with Gasteiger partial charge in [0.2, 0.25) is 0 Å². The van der Waals surface area contributed by atoms with E-state index in [4.69, 9.17) is 5.11 Å². The molecule has 0 saturated heterocycles. The van der Waals surface area contributed by atoms with E-state index in [1.165, 1.54) is 0 Å². The summed E-state index contributed by atoms with van der Waals surface area (Å²) in [4.78, 5) is 10.5. The monoisotopic (exact) mass is 368 g/mol. The first kappa shape index (κ1) is 22.9. The summed E-state index contributed by atoms with van der Waals surface area (Å²) < 4.78 is 0. The third-order valence-electron chi connectivity index (χ3n) is 5.22. The summed E-state index contributed by atoms with van der Waals surface area (Å²) in [6.45, 7) is 3.91. The molecule has 5 nitrogen and oxygen atoms in total. The first-order valence-corrected chi connectivity index (χ1v) is 9.91. The Hall–Kier alpha value is -1.17. The lowest BCUT2D eigenvalue weighted by atomic mass is 9.88. The predicted octanol–water partition coefficient (Wildman–Crippen LogP) is 3.43. The number of hydrogen-bond donors (Lipinski definition) is 4. The Bertz CT molecular complexity index is 469. The van der Waals surface area contributed by atoms with Crippen molar-refractivity contribution < 1.29 is 25.2 Å². The minimum absolute atomic E-state index is 0.0802. The van der Waals surface area contributed by atoms with E-state index in [0.29, 0.717) is 32.1 Å². The van der Waals surface area contributed by atoms with Gasteiger partial charge in [-0.05, 0) is 38.5 Å². The average molecular weight is 369 g/mol. The van der Waals surface area contributed by atoms with Crippen LogP contribution in [0, 0.1) is 11.8 Å². The molecular weight excluding hydrogens is 332 g/mol. The summed E-state index contributed by atoms with van der Waals surface area (Å²) in [5, 5.41) is 39.6. The van der Waals surface area contributed by atoms with E-state index in [-0.39, 0.29) is 18.3 Å². The van der Waals surface area contributed by atoms with Crippen LogP contribution in [0.3, 0.4) is 0 Å². The molecule has 5 atom stereocenters. The van der Waals surface area contributed by atoms with Gasteiger partial charge in [0, 0.05) is 18.8 Å². The number of aliphatic carboxylic acids is 1. The number of allylic oxidation sites excluding steroid dienone is 2. The highest BCUT2D eigenvalue weighted by Crippen LogP contribution is 2.37. The summed E-state index contributed by atoms with van der Waals surface area (Å²) in [7, 11) is 0. The molecular formula is C21H36O5. The zero-order valence-corrected chi connectivity index (χ0v) is 16.2. The number of aliphatic hydroxyl groups excluding tert-OH is 2. The molecule has 5 unspecified atom stereocenters. The van der Waals surface area contributed by atoms with Crippen LogP contribution < -0.4 is 0 Å². The van der Waals surface area contributed by atoms with Gasteiger partial charge >= 0.3 is 5.97 Å². The molecule has 1 fully saturated rings. The first-order valence-electron chi connectivity index (χ1n) is 9.91. The smallest absolute Gasteiger partial charge is 0.303 e. The van der Waals surface area contributed by atoms with E-state index in [1.807, 2.05) is 18.2 Å². The van der Waals surface area contributed by atoms with Crippen molar-refractivity contribution in [3.63, 3.8) is 0 Å². The van der Waals surface area contributed by atoms with E-state index in [1.54, 1.807) is 13.0 Å². The molecule has 1 rings (SSSR count). The van der Waals surface area contributed by atoms with E-state index in [0.717, 1.165) is 19.3 Å². The number of unbranched alkanes of at least 4 members (excludes halogenated alkanes) is 3. The quantitative estimate of drug-likeness (QED) is 0.312. The highest BCUT2D eigenvalue weighted by molar-refractivity contribution is 5.66. The Morgan fingerprint density at radius 3 is 2.54 bits per heavy atom. The van der Waals surface area contributed by atoms with Gasteiger partial charge in [-0.1, -0.05) is 50.5 Å². The van der Waals surface area contributed by atoms with Crippen LogP contribution in [0.4, 0.5) is 0 Å². The van der Waals surface area contributed by atoms with Crippen molar-refractivity contribution >= 4 is 5.97 Å². The molecule has 5 heteroatoms. The highest BCUT2D eigenvalue weighted by Gasteiger charge is 2.39. The van der Waals surface area contributed by atoms with Crippen molar-refractivity contribution in [3.8, 4) is 0 Å². The molecule has 0 amide bonds. The van der Waals surface area contributed by atoms with Crippen molar-refractivity contribution in [2.75, 3.05) is 0 Å². The van der Waals surface area contributed by atoms with Gasteiger partial charge in [0.25, 0.3) is 0 Å². The molecule has 1 aliphatic carbocycles. The SMILES string of the molecule is CCCCCC(C)(O)/C=C/C1C(O)CC(O)C1C/C=C/CCCC(=O)O. The van der Waals surface area contributed by atoms with Crippen molar-refractivity contribution in [2.45, 2.75) is 89.4 Å². The number of carbonyl (C=O) groups is 1. The first-order chi connectivity index (χ1) is 12.3. The minimum Gasteiger partial charge on any atom is -0.481 e. The van der Waals surface area contributed by atoms with E-state index in [2.05, 4.69) is 6.92 Å². The highest BCUT2D eigenvalue weighted by atomic mass is 16.4. The third kappa shape index (κ3) is 8.47. The molecule has 0 heterocycles. The van der Waals surface area contributed by atoms with Gasteiger partial charge < -0.3 is 20.4 Å². The molecule has 0 aromatic rings. The molecule has 26 heavy (non-hydrogen) atoms. The van der Waals surface area contributed by atoms with Crippen LogP contribution in [-0.2, 0) is 4.79 Å². The van der Waals surface area contributed by atoms with Crippen LogP contribution in [0.5, 0.6) is 0 Å². The van der Waals surface area contributed by atoms with Crippen LogP contribution in [0.2, 0.25) is 0 Å². The van der Waals surface area contributed by atoms with Crippen molar-refractivity contribution in [3.05, 3.63) is 24.3 Å². The Kier molecular flexibility index (Phi) is 10.1. The van der Waals surface area contributed by atoms with Crippen molar-refractivity contribution in [1.29, 1.82) is 0 Å². The lowest BCUT2D eigenvalue weighted by Gasteiger charge is -2.23. The zero-order chi connectivity index (χ0) is 19.6. The van der Waals surface area contributed by atoms with Crippen LogP contribution >= 0.6 is 0 Å². The maximum atomic E-state index is 10.5. The molecule has 1 aliphatic rings. The summed E-state index contributed by atoms with van der Waals surface area (Å²) >= 11 is 0. The van der Waals surface area contributed by atoms with Gasteiger partial charge in [-0.15, -0.1) is 0 Å². The Labute approximate surface area is 157 Å². The van der Waals surface area contributed by atoms with Crippen molar-refractivity contribution in [2.24, 2.45) is 11.8 Å². The largest absolute Gasteiger partial charge is 0.481 e. The van der Waals surface area contributed by atoms with E-state index in [9.17, 15) is 20.1 Å². The van der Waals surface area contributed by atoms with Gasteiger partial charge in [-0.25, -0.2) is 0 Å². The fourth-order valence-corrected chi connectivity index (χ4v) is 3.58. The second kappa shape index (κ2) is 11.5. The summed E-state index contributed by atoms with van der Waals surface area (Å²) in [6, 6.07) is 0. The van der Waals surface area contributed by atoms with Crippen molar-refractivity contribution in [1.82, 2.24) is 0 Å². The Morgan fingerprint density at radius 1 is 1.15 bits per heavy atom. The van der Waals surface area contributed by atoms with Gasteiger partial charge in [0.1, 0.15) is 0 Å². The third-order valence-corrected chi connectivity index (χ3v) is 5.22. The summed E-state index contributed by atoms with van der Waals surface area (Å²) in [5.74, 6) is -1.04. The molecule has 0 radical (unpaired) electrons. The maximum Gasteiger partial charge on any atom is 0.303 e. The van der Waals surface area contributed by atoms with Gasteiger partial charge in [-0.3, -0.25) is 4.79 Å². The molecule has 1 saturated carbocycles. The normalized spacial score (nSPS) is 28.8. The van der Waals surface area contributed by atoms with E-state index < -0.39 is 23.8 Å². The molecule has 150 valence electrons. The van der Waals surface area contributed by atoms with Crippen LogP contribution in [0.15, 0.2) is 24.3 Å². The van der Waals surface area contributed by atoms with Gasteiger partial charge in [0.05, 0.1) is 17.8 Å². The molecule has 4 N–H and O–H groups in total. The topological polar surface area (TPSA) is 98.0 Å². The van der Waals surface area contributed by atoms with Crippen LogP contribution in [0.25, 0.3) is 0 Å². The zero-order valence-electron chi connectivity index (χ0n) is 16.2. The van der Waals surface area contributed by atoms with Crippen LogP contribution in [-0.4, -0.2) is 44.2 Å². The Morgan fingerprint density at radius 2 is 1.88 bits per heavy atom. The summed E-state index contributed by atoms with van der Waals surface area (Å²) in [5.41, 5.74) is -0.889. The second-order valence-electron chi connectivity index (χ2n) is 7.78. The van der Waals surface area contributed by atoms with Crippen LogP contribution in [0.1, 0.15) is 71.6 Å². The number of carboxylic acid groups (broad SMARTS) is 1. The molecule has 0 bridgehead atoms. The Balaban J connectivity index is 2.56.